The molecule has 250 valence electrons. The SMILES string of the molecule is Cc1cc(OC2CCN([C@H]3C[C@](CC#N)(n4cc(-c5ncnc6c5ccn6COCC[Si](C)(C)C)cn4)C3)CC2)nc(C(F)(F)F)c1. The normalized spacial score (nSPS) is 21.1. The number of pyridine rings is 1. The third-order valence-electron chi connectivity index (χ3n) is 9.28. The number of aryl methyl sites for hydroxylation is 1. The van der Waals surface area contributed by atoms with Gasteiger partial charge in [0, 0.05) is 63.2 Å². The van der Waals surface area contributed by atoms with Gasteiger partial charge in [-0.2, -0.15) is 23.5 Å². The lowest BCUT2D eigenvalue weighted by Crippen LogP contribution is -2.58. The molecule has 0 unspecified atom stereocenters. The zero-order chi connectivity index (χ0) is 33.4. The van der Waals surface area contributed by atoms with Gasteiger partial charge < -0.3 is 14.0 Å². The van der Waals surface area contributed by atoms with Crippen molar-refractivity contribution in [2.75, 3.05) is 19.7 Å². The van der Waals surface area contributed by atoms with Crippen LogP contribution in [0.2, 0.25) is 25.7 Å². The van der Waals surface area contributed by atoms with Gasteiger partial charge in [-0.15, -0.1) is 0 Å². The predicted molar refractivity (Wildman–Crippen MR) is 173 cm³/mol. The van der Waals surface area contributed by atoms with E-state index in [2.05, 4.69) is 45.6 Å². The van der Waals surface area contributed by atoms with Crippen LogP contribution < -0.4 is 4.74 Å². The molecule has 0 aromatic carbocycles. The van der Waals surface area contributed by atoms with Gasteiger partial charge in [0.15, 0.2) is 0 Å². The smallest absolute Gasteiger partial charge is 0.433 e. The van der Waals surface area contributed by atoms with Gasteiger partial charge in [0.2, 0.25) is 5.88 Å². The van der Waals surface area contributed by atoms with Crippen molar-refractivity contribution in [1.82, 2.24) is 34.2 Å². The van der Waals surface area contributed by atoms with E-state index in [1.54, 1.807) is 19.3 Å². The summed E-state index contributed by atoms with van der Waals surface area (Å²) in [5, 5.41) is 15.4. The molecule has 47 heavy (non-hydrogen) atoms. The van der Waals surface area contributed by atoms with Gasteiger partial charge in [-0.05, 0) is 56.3 Å². The molecule has 4 aromatic heterocycles. The molecule has 0 spiro atoms. The molecule has 4 aromatic rings. The maximum absolute atomic E-state index is 13.2. The zero-order valence-electron chi connectivity index (χ0n) is 27.3. The lowest BCUT2D eigenvalue weighted by atomic mass is 9.69. The first-order valence-electron chi connectivity index (χ1n) is 16.1. The Labute approximate surface area is 273 Å². The maximum atomic E-state index is 13.2. The van der Waals surface area contributed by atoms with Crippen LogP contribution in [-0.2, 0) is 23.2 Å². The van der Waals surface area contributed by atoms with Gasteiger partial charge in [0.25, 0.3) is 0 Å². The number of piperidine rings is 1. The highest BCUT2D eigenvalue weighted by Gasteiger charge is 2.49. The van der Waals surface area contributed by atoms with E-state index in [0.717, 1.165) is 66.9 Å². The van der Waals surface area contributed by atoms with Crippen molar-refractivity contribution in [3.8, 4) is 23.2 Å². The van der Waals surface area contributed by atoms with E-state index >= 15 is 0 Å². The number of likely N-dealkylation sites (tertiary alicyclic amines) is 1. The van der Waals surface area contributed by atoms with Crippen molar-refractivity contribution in [3.05, 3.63) is 54.4 Å². The van der Waals surface area contributed by atoms with Crippen LogP contribution in [0.4, 0.5) is 13.2 Å². The van der Waals surface area contributed by atoms with Crippen molar-refractivity contribution in [2.24, 2.45) is 0 Å². The monoisotopic (exact) mass is 666 g/mol. The van der Waals surface area contributed by atoms with Crippen LogP contribution in [0.15, 0.2) is 43.1 Å². The molecule has 6 rings (SSSR count). The molecule has 5 heterocycles. The number of alkyl halides is 3. The molecule has 0 N–H and O–H groups in total. The highest BCUT2D eigenvalue weighted by atomic mass is 28.3. The molecule has 14 heteroatoms. The number of halogens is 3. The van der Waals surface area contributed by atoms with E-state index < -0.39 is 25.5 Å². The van der Waals surface area contributed by atoms with Crippen LogP contribution in [0.3, 0.4) is 0 Å². The van der Waals surface area contributed by atoms with E-state index in [1.165, 1.54) is 0 Å². The summed E-state index contributed by atoms with van der Waals surface area (Å²) >= 11 is 0. The molecule has 0 radical (unpaired) electrons. The van der Waals surface area contributed by atoms with Gasteiger partial charge in [-0.3, -0.25) is 9.58 Å². The molecule has 2 aliphatic rings. The number of nitrogens with zero attached hydrogens (tertiary/aromatic N) is 8. The number of rotatable bonds is 11. The van der Waals surface area contributed by atoms with Crippen molar-refractivity contribution in [2.45, 2.75) is 95.3 Å². The molecular weight excluding hydrogens is 625 g/mol. The second-order valence-electron chi connectivity index (χ2n) is 14.1. The summed E-state index contributed by atoms with van der Waals surface area (Å²) in [4.78, 5) is 15.2. The lowest BCUT2D eigenvalue weighted by molar-refractivity contribution is -0.141. The van der Waals surface area contributed by atoms with Gasteiger partial charge >= 0.3 is 6.18 Å². The minimum atomic E-state index is -4.52. The summed E-state index contributed by atoms with van der Waals surface area (Å²) in [6.45, 7) is 11.3. The van der Waals surface area contributed by atoms with E-state index in [4.69, 9.17) is 14.6 Å². The summed E-state index contributed by atoms with van der Waals surface area (Å²) < 4.78 is 55.4. The Bertz CT molecular complexity index is 1740. The van der Waals surface area contributed by atoms with Crippen LogP contribution in [0.1, 0.15) is 43.4 Å². The fourth-order valence-corrected chi connectivity index (χ4v) is 7.35. The first-order chi connectivity index (χ1) is 22.3. The van der Waals surface area contributed by atoms with Crippen LogP contribution in [0.5, 0.6) is 5.88 Å². The summed E-state index contributed by atoms with van der Waals surface area (Å²) in [6.07, 6.45) is 5.91. The molecule has 0 atom stereocenters. The van der Waals surface area contributed by atoms with Gasteiger partial charge in [-0.25, -0.2) is 15.0 Å². The highest BCUT2D eigenvalue weighted by Crippen LogP contribution is 2.46. The van der Waals surface area contributed by atoms with E-state index in [-0.39, 0.29) is 18.0 Å². The van der Waals surface area contributed by atoms with E-state index in [1.807, 2.05) is 33.9 Å². The average molecular weight is 667 g/mol. The number of aromatic nitrogens is 6. The Morgan fingerprint density at radius 3 is 2.60 bits per heavy atom. The van der Waals surface area contributed by atoms with Gasteiger partial charge in [-0.1, -0.05) is 19.6 Å². The zero-order valence-corrected chi connectivity index (χ0v) is 28.3. The van der Waals surface area contributed by atoms with Crippen LogP contribution in [0.25, 0.3) is 22.3 Å². The van der Waals surface area contributed by atoms with Gasteiger partial charge in [0.05, 0.1) is 29.9 Å². The number of hydrogen-bond donors (Lipinski definition) is 0. The fourth-order valence-electron chi connectivity index (χ4n) is 6.59. The Hall–Kier alpha value is -3.80. The van der Waals surface area contributed by atoms with Crippen LogP contribution in [0, 0.1) is 18.3 Å². The summed E-state index contributed by atoms with van der Waals surface area (Å²) in [6, 6.07) is 8.34. The van der Waals surface area contributed by atoms with E-state index in [0.29, 0.717) is 31.6 Å². The lowest BCUT2D eigenvalue weighted by Gasteiger charge is -2.52. The van der Waals surface area contributed by atoms with Crippen molar-refractivity contribution >= 4 is 19.1 Å². The van der Waals surface area contributed by atoms with Crippen molar-refractivity contribution < 1.29 is 22.6 Å². The Morgan fingerprint density at radius 1 is 1.13 bits per heavy atom. The van der Waals surface area contributed by atoms with Crippen molar-refractivity contribution in [1.29, 1.82) is 5.26 Å². The first-order valence-corrected chi connectivity index (χ1v) is 19.8. The quantitative estimate of drug-likeness (QED) is 0.130. The third-order valence-corrected chi connectivity index (χ3v) is 11.0. The van der Waals surface area contributed by atoms with Crippen molar-refractivity contribution in [3.63, 3.8) is 0 Å². The number of fused-ring (bicyclic) bond motifs is 1. The molecule has 1 aliphatic heterocycles. The molecule has 1 saturated heterocycles. The maximum Gasteiger partial charge on any atom is 0.433 e. The Kier molecular flexibility index (Phi) is 9.16. The van der Waals surface area contributed by atoms with Crippen LogP contribution >= 0.6 is 0 Å². The number of nitriles is 1. The second kappa shape index (κ2) is 13.0. The average Bonchev–Trinajstić information content (AvgIpc) is 3.64. The Balaban J connectivity index is 1.08. The molecule has 0 bridgehead atoms. The summed E-state index contributed by atoms with van der Waals surface area (Å²) in [7, 11) is -1.17. The molecule has 0 amide bonds. The standard InChI is InChI=1S/C33H41F3N8O2Si/c1-23-15-28(33(34,35)36)41-29(16-23)46-26-5-10-42(11-6-26)25-17-32(18-25,8-9-37)44-20-24(19-40-44)30-27-7-12-43(31(27)39-21-38-30)22-45-13-14-47(2,3)4/h7,12,15-16,19-21,25-26H,5-6,8,10-11,13-14,17-18,22H2,1-4H3/t25-,32-. The molecule has 1 aliphatic carbocycles. The Morgan fingerprint density at radius 2 is 1.89 bits per heavy atom. The molecule has 10 nitrogen and oxygen atoms in total. The fraction of sp³-hybridized carbons (Fsp3) is 0.545. The largest absolute Gasteiger partial charge is 0.474 e. The predicted octanol–water partition coefficient (Wildman–Crippen LogP) is 6.64. The van der Waals surface area contributed by atoms with Gasteiger partial charge in [0.1, 0.15) is 30.5 Å². The highest BCUT2D eigenvalue weighted by molar-refractivity contribution is 6.76. The minimum absolute atomic E-state index is 0.0188. The minimum Gasteiger partial charge on any atom is -0.474 e. The molecular formula is C33H41F3N8O2Si. The topological polar surface area (TPSA) is 107 Å². The van der Waals surface area contributed by atoms with Crippen LogP contribution in [-0.4, -0.2) is 74.1 Å². The van der Waals surface area contributed by atoms with E-state index in [9.17, 15) is 18.4 Å². The summed E-state index contributed by atoms with van der Waals surface area (Å²) in [5.41, 5.74) is 1.58. The number of ether oxygens (including phenoxy) is 2. The summed E-state index contributed by atoms with van der Waals surface area (Å²) in [5.74, 6) is 0.0188. The second-order valence-corrected chi connectivity index (χ2v) is 19.7. The third kappa shape index (κ3) is 7.37. The number of hydrogen-bond acceptors (Lipinski definition) is 8. The first kappa shape index (κ1) is 33.1. The molecule has 1 saturated carbocycles. The molecule has 2 fully saturated rings.